The SMILES string of the molecule is C=CC(=O)OCCCCCCCCOc1ccc(-c2ccc(C(=O)OC3OCCOC3OC(=O)c3ccc(-c4ccc(OCCCCCCCCOC(=O)C=C)cn4)cc3)cc2)nc1. The molecular weight excluding hydrogens is 821 g/mol. The van der Waals surface area contributed by atoms with Gasteiger partial charge in [0.15, 0.2) is 0 Å². The van der Waals surface area contributed by atoms with E-state index in [0.717, 1.165) is 88.2 Å². The minimum atomic E-state index is -1.27. The summed E-state index contributed by atoms with van der Waals surface area (Å²) in [7, 11) is 0. The number of esters is 4. The van der Waals surface area contributed by atoms with Crippen molar-refractivity contribution in [1.82, 2.24) is 9.97 Å². The molecular formula is C50H58N2O12. The fourth-order valence-electron chi connectivity index (χ4n) is 6.50. The number of carbonyl (C=O) groups is 4. The third-order valence-electron chi connectivity index (χ3n) is 10.1. The third kappa shape index (κ3) is 17.1. The van der Waals surface area contributed by atoms with Gasteiger partial charge in [-0.25, -0.2) is 19.2 Å². The molecule has 1 aliphatic rings. The van der Waals surface area contributed by atoms with E-state index in [-0.39, 0.29) is 36.3 Å². The zero-order chi connectivity index (χ0) is 45.2. The molecule has 14 heteroatoms. The van der Waals surface area contributed by atoms with E-state index in [1.54, 1.807) is 60.9 Å². The van der Waals surface area contributed by atoms with Gasteiger partial charge in [0.25, 0.3) is 12.6 Å². The Morgan fingerprint density at radius 1 is 0.500 bits per heavy atom. The Morgan fingerprint density at radius 2 is 0.859 bits per heavy atom. The first-order valence-corrected chi connectivity index (χ1v) is 21.9. The Balaban J connectivity index is 0.987. The lowest BCUT2D eigenvalue weighted by Gasteiger charge is -2.30. The fraction of sp³-hybridized carbons (Fsp3) is 0.400. The van der Waals surface area contributed by atoms with E-state index in [0.29, 0.717) is 49.3 Å². The number of hydrogen-bond donors (Lipinski definition) is 0. The lowest BCUT2D eigenvalue weighted by Crippen LogP contribution is -2.44. The van der Waals surface area contributed by atoms with Gasteiger partial charge >= 0.3 is 23.9 Å². The summed E-state index contributed by atoms with van der Waals surface area (Å²) < 4.78 is 44.1. The Hall–Kier alpha value is -6.38. The number of ether oxygens (including phenoxy) is 8. The van der Waals surface area contributed by atoms with Gasteiger partial charge in [0, 0.05) is 23.3 Å². The van der Waals surface area contributed by atoms with Gasteiger partial charge in [0.1, 0.15) is 11.5 Å². The van der Waals surface area contributed by atoms with Crippen molar-refractivity contribution in [2.24, 2.45) is 0 Å². The molecule has 0 saturated carbocycles. The van der Waals surface area contributed by atoms with Gasteiger partial charge in [-0.1, -0.05) is 88.8 Å². The number of unbranched alkanes of at least 4 members (excludes halogenated alkanes) is 10. The molecule has 1 aliphatic heterocycles. The van der Waals surface area contributed by atoms with Crippen LogP contribution in [-0.2, 0) is 38.0 Å². The number of pyridine rings is 2. The van der Waals surface area contributed by atoms with Gasteiger partial charge in [-0.15, -0.1) is 0 Å². The minimum Gasteiger partial charge on any atom is -0.492 e. The van der Waals surface area contributed by atoms with Gasteiger partial charge in [-0.3, -0.25) is 9.97 Å². The summed E-state index contributed by atoms with van der Waals surface area (Å²) in [5, 5.41) is 0. The molecule has 1 saturated heterocycles. The molecule has 0 radical (unpaired) electrons. The van der Waals surface area contributed by atoms with Crippen LogP contribution >= 0.6 is 0 Å². The second kappa shape index (κ2) is 27.6. The molecule has 0 spiro atoms. The van der Waals surface area contributed by atoms with Crippen LogP contribution in [0.1, 0.15) is 97.8 Å². The van der Waals surface area contributed by atoms with E-state index in [1.807, 2.05) is 24.3 Å². The van der Waals surface area contributed by atoms with Crippen molar-refractivity contribution >= 4 is 23.9 Å². The number of benzene rings is 2. The second-order valence-corrected chi connectivity index (χ2v) is 14.9. The van der Waals surface area contributed by atoms with Crippen molar-refractivity contribution in [3.63, 3.8) is 0 Å². The van der Waals surface area contributed by atoms with Crippen LogP contribution in [-0.4, -0.2) is 86.1 Å². The Bertz CT molecular complexity index is 1910. The molecule has 5 rings (SSSR count). The zero-order valence-electron chi connectivity index (χ0n) is 36.3. The highest BCUT2D eigenvalue weighted by Gasteiger charge is 2.34. The monoisotopic (exact) mass is 878 g/mol. The lowest BCUT2D eigenvalue weighted by molar-refractivity contribution is -0.288. The average molecular weight is 879 g/mol. The molecule has 4 aromatic rings. The second-order valence-electron chi connectivity index (χ2n) is 14.9. The molecule has 2 aromatic carbocycles. The summed E-state index contributed by atoms with van der Waals surface area (Å²) in [5.41, 5.74) is 3.56. The lowest BCUT2D eigenvalue weighted by atomic mass is 10.1. The summed E-state index contributed by atoms with van der Waals surface area (Å²) in [5.74, 6) is -0.748. The molecule has 0 bridgehead atoms. The summed E-state index contributed by atoms with van der Waals surface area (Å²) in [6.45, 7) is 9.12. The first-order chi connectivity index (χ1) is 31.3. The molecule has 2 atom stereocenters. The van der Waals surface area contributed by atoms with Crippen LogP contribution < -0.4 is 9.47 Å². The van der Waals surface area contributed by atoms with Crippen LogP contribution in [0.15, 0.2) is 111 Å². The number of rotatable bonds is 28. The van der Waals surface area contributed by atoms with Crippen molar-refractivity contribution in [2.45, 2.75) is 89.6 Å². The van der Waals surface area contributed by atoms with E-state index in [9.17, 15) is 19.2 Å². The highest BCUT2D eigenvalue weighted by Crippen LogP contribution is 2.24. The first kappa shape index (κ1) is 48.6. The Kier molecular flexibility index (Phi) is 21.0. The summed E-state index contributed by atoms with van der Waals surface area (Å²) in [6.07, 6.45) is 15.2. The minimum absolute atomic E-state index is 0.152. The van der Waals surface area contributed by atoms with Gasteiger partial charge in [-0.05, 0) is 74.2 Å². The van der Waals surface area contributed by atoms with Crippen molar-refractivity contribution in [3.05, 3.63) is 122 Å². The number of nitrogens with zero attached hydrogens (tertiary/aromatic N) is 2. The summed E-state index contributed by atoms with van der Waals surface area (Å²) in [4.78, 5) is 57.4. The molecule has 14 nitrogen and oxygen atoms in total. The average Bonchev–Trinajstić information content (AvgIpc) is 3.33. The van der Waals surface area contributed by atoms with E-state index in [2.05, 4.69) is 23.1 Å². The van der Waals surface area contributed by atoms with Crippen molar-refractivity contribution in [2.75, 3.05) is 39.6 Å². The van der Waals surface area contributed by atoms with E-state index < -0.39 is 24.5 Å². The number of carbonyl (C=O) groups excluding carboxylic acids is 4. The van der Waals surface area contributed by atoms with E-state index in [4.69, 9.17) is 37.9 Å². The molecule has 64 heavy (non-hydrogen) atoms. The number of aromatic nitrogens is 2. The van der Waals surface area contributed by atoms with E-state index >= 15 is 0 Å². The van der Waals surface area contributed by atoms with Gasteiger partial charge in [-0.2, -0.15) is 0 Å². The van der Waals surface area contributed by atoms with Crippen molar-refractivity contribution in [1.29, 1.82) is 0 Å². The zero-order valence-corrected chi connectivity index (χ0v) is 36.3. The topological polar surface area (TPSA) is 168 Å². The first-order valence-electron chi connectivity index (χ1n) is 21.9. The third-order valence-corrected chi connectivity index (χ3v) is 10.1. The van der Waals surface area contributed by atoms with Crippen LogP contribution in [0.4, 0.5) is 0 Å². The van der Waals surface area contributed by atoms with Crippen molar-refractivity contribution < 1.29 is 57.1 Å². The van der Waals surface area contributed by atoms with Crippen LogP contribution in [0.25, 0.3) is 22.5 Å². The maximum absolute atomic E-state index is 13.1. The van der Waals surface area contributed by atoms with Gasteiger partial charge in [0.05, 0.1) is 74.5 Å². The largest absolute Gasteiger partial charge is 0.492 e. The predicted molar refractivity (Wildman–Crippen MR) is 238 cm³/mol. The van der Waals surface area contributed by atoms with Crippen LogP contribution in [0.5, 0.6) is 11.5 Å². The Morgan fingerprint density at radius 3 is 1.20 bits per heavy atom. The van der Waals surface area contributed by atoms with E-state index in [1.165, 1.54) is 12.2 Å². The van der Waals surface area contributed by atoms with Crippen molar-refractivity contribution in [3.8, 4) is 34.0 Å². The molecule has 0 aliphatic carbocycles. The maximum atomic E-state index is 13.1. The van der Waals surface area contributed by atoms with Crippen LogP contribution in [0.3, 0.4) is 0 Å². The highest BCUT2D eigenvalue weighted by atomic mass is 16.8. The highest BCUT2D eigenvalue weighted by molar-refractivity contribution is 5.91. The van der Waals surface area contributed by atoms with Gasteiger partial charge < -0.3 is 37.9 Å². The molecule has 2 aromatic heterocycles. The summed E-state index contributed by atoms with van der Waals surface area (Å²) in [6, 6.07) is 21.0. The van der Waals surface area contributed by atoms with Crippen LogP contribution in [0.2, 0.25) is 0 Å². The number of hydrogen-bond acceptors (Lipinski definition) is 14. The maximum Gasteiger partial charge on any atom is 0.340 e. The van der Waals surface area contributed by atoms with Crippen LogP contribution in [0, 0.1) is 0 Å². The normalized spacial score (nSPS) is 14.4. The molecule has 0 N–H and O–H groups in total. The molecule has 3 heterocycles. The molecule has 0 amide bonds. The smallest absolute Gasteiger partial charge is 0.340 e. The molecule has 1 fully saturated rings. The standard InChI is InChI=1S/C50H58N2O12/c1-3-45(53)59-31-15-11-7-5-9-13-29-57-41-25-27-43(51-35-41)37-17-21-39(22-18-37)47(55)63-49-50(62-34-33-61-49)64-48(56)40-23-19-38(20-24-40)44-28-26-42(36-52-44)58-30-14-10-6-8-12-16-32-60-46(54)4-2/h3-4,17-28,35-36,49-50H,1-2,5-16,29-34H2. The predicted octanol–water partition coefficient (Wildman–Crippen LogP) is 9.42. The fourth-order valence-corrected chi connectivity index (χ4v) is 6.50. The summed E-state index contributed by atoms with van der Waals surface area (Å²) >= 11 is 0. The molecule has 340 valence electrons. The Labute approximate surface area is 374 Å². The van der Waals surface area contributed by atoms with Gasteiger partial charge in [0.2, 0.25) is 0 Å². The molecule has 2 unspecified atom stereocenters. The quantitative estimate of drug-likeness (QED) is 0.0229.